The highest BCUT2D eigenvalue weighted by Crippen LogP contribution is 2.28. The van der Waals surface area contributed by atoms with Crippen molar-refractivity contribution in [2.45, 2.75) is 46.6 Å². The number of halogens is 1. The molecule has 0 saturated carbocycles. The minimum Gasteiger partial charge on any atom is -0.465 e. The molecule has 7 nitrogen and oxygen atoms in total. The summed E-state index contributed by atoms with van der Waals surface area (Å²) in [5.74, 6) is -0.587. The van der Waals surface area contributed by atoms with Crippen molar-refractivity contribution in [1.82, 2.24) is 4.31 Å². The van der Waals surface area contributed by atoms with Gasteiger partial charge < -0.3 is 9.47 Å². The van der Waals surface area contributed by atoms with E-state index in [0.717, 1.165) is 4.31 Å². The molecule has 1 aliphatic heterocycles. The molecule has 0 aliphatic carbocycles. The Bertz CT molecular complexity index is 705. The van der Waals surface area contributed by atoms with E-state index in [1.54, 1.807) is 26.8 Å². The molecule has 2 rings (SSSR count). The summed E-state index contributed by atoms with van der Waals surface area (Å²) < 4.78 is 25.1. The summed E-state index contributed by atoms with van der Waals surface area (Å²) in [6.45, 7) is 10.1. The standard InChI is InChI=1S/C15H19ClN2O5S.C3H8/c1-15(2,3)23-14(20)18-8-7-17(24(18)21)10-5-6-12(16)11(9-10)13(19)22-4;1-3-2/h5-6,9H,7-8H2,1-4H3;3H2,1-2H3. The van der Waals surface area contributed by atoms with Gasteiger partial charge in [-0.05, 0) is 39.0 Å². The summed E-state index contributed by atoms with van der Waals surface area (Å²) in [6.07, 6.45) is 0.602. The molecule has 1 aliphatic rings. The molecule has 27 heavy (non-hydrogen) atoms. The van der Waals surface area contributed by atoms with Crippen LogP contribution in [0.3, 0.4) is 0 Å². The molecule has 1 fully saturated rings. The lowest BCUT2D eigenvalue weighted by Crippen LogP contribution is -2.37. The third-order valence-electron chi connectivity index (χ3n) is 3.12. The fourth-order valence-electron chi connectivity index (χ4n) is 2.08. The second kappa shape index (κ2) is 9.94. The van der Waals surface area contributed by atoms with Crippen LogP contribution in [-0.2, 0) is 20.6 Å². The van der Waals surface area contributed by atoms with Gasteiger partial charge in [0, 0.05) is 0 Å². The van der Waals surface area contributed by atoms with E-state index in [1.807, 2.05) is 0 Å². The van der Waals surface area contributed by atoms with E-state index in [4.69, 9.17) is 16.3 Å². The van der Waals surface area contributed by atoms with E-state index in [0.29, 0.717) is 12.2 Å². The largest absolute Gasteiger partial charge is 0.465 e. The Morgan fingerprint density at radius 3 is 2.33 bits per heavy atom. The van der Waals surface area contributed by atoms with Gasteiger partial charge in [-0.15, -0.1) is 0 Å². The van der Waals surface area contributed by atoms with Gasteiger partial charge in [-0.1, -0.05) is 31.9 Å². The zero-order valence-corrected chi connectivity index (χ0v) is 18.1. The number of anilines is 1. The number of benzene rings is 1. The Kier molecular flexibility index (Phi) is 8.56. The van der Waals surface area contributed by atoms with E-state index >= 15 is 0 Å². The number of carbonyl (C=O) groups excluding carboxylic acids is 2. The van der Waals surface area contributed by atoms with E-state index in [9.17, 15) is 13.8 Å². The van der Waals surface area contributed by atoms with E-state index < -0.39 is 28.8 Å². The van der Waals surface area contributed by atoms with Gasteiger partial charge in [0.05, 0.1) is 36.5 Å². The van der Waals surface area contributed by atoms with Crippen LogP contribution >= 0.6 is 11.6 Å². The Morgan fingerprint density at radius 2 is 1.81 bits per heavy atom. The summed E-state index contributed by atoms with van der Waals surface area (Å²) in [7, 11) is 1.25. The van der Waals surface area contributed by atoms with E-state index in [-0.39, 0.29) is 17.1 Å². The van der Waals surface area contributed by atoms with Gasteiger partial charge in [0.15, 0.2) is 0 Å². The molecule has 1 unspecified atom stereocenters. The van der Waals surface area contributed by atoms with Crippen molar-refractivity contribution in [2.75, 3.05) is 24.5 Å². The summed E-state index contributed by atoms with van der Waals surface area (Å²) in [5, 5.41) is 0.236. The smallest absolute Gasteiger partial charge is 0.423 e. The van der Waals surface area contributed by atoms with Crippen molar-refractivity contribution in [3.05, 3.63) is 28.8 Å². The summed E-state index contributed by atoms with van der Waals surface area (Å²) in [6, 6.07) is 4.65. The zero-order valence-electron chi connectivity index (χ0n) is 16.6. The average molecular weight is 419 g/mol. The highest BCUT2D eigenvalue weighted by molar-refractivity contribution is 7.85. The topological polar surface area (TPSA) is 76.2 Å². The fourth-order valence-corrected chi connectivity index (χ4v) is 3.45. The molecule has 1 aromatic carbocycles. The summed E-state index contributed by atoms with van der Waals surface area (Å²) in [4.78, 5) is 23.8. The number of hydrogen-bond acceptors (Lipinski definition) is 5. The predicted molar refractivity (Wildman–Crippen MR) is 107 cm³/mol. The molecule has 1 atom stereocenters. The van der Waals surface area contributed by atoms with E-state index in [1.165, 1.54) is 30.0 Å². The van der Waals surface area contributed by atoms with Crippen LogP contribution in [0.15, 0.2) is 18.2 Å². The number of hydrogen-bond donors (Lipinski definition) is 0. The SMILES string of the molecule is CCC.COC(=O)c1cc(N2CCN(C(=O)OC(C)(C)C)S2=O)ccc1Cl. The Labute approximate surface area is 168 Å². The van der Waals surface area contributed by atoms with Crippen LogP contribution in [0.2, 0.25) is 5.02 Å². The Hall–Kier alpha value is -1.80. The quantitative estimate of drug-likeness (QED) is 0.673. The molecule has 1 heterocycles. The molecule has 0 radical (unpaired) electrons. The highest BCUT2D eigenvalue weighted by atomic mass is 35.5. The minimum absolute atomic E-state index is 0.171. The van der Waals surface area contributed by atoms with Gasteiger partial charge in [0.25, 0.3) is 0 Å². The maximum atomic E-state index is 12.6. The van der Waals surface area contributed by atoms with Crippen LogP contribution in [0.1, 0.15) is 51.4 Å². The molecule has 0 spiro atoms. The third-order valence-corrected chi connectivity index (χ3v) is 4.93. The molecule has 9 heteroatoms. The first-order chi connectivity index (χ1) is 12.6. The van der Waals surface area contributed by atoms with Crippen molar-refractivity contribution in [1.29, 1.82) is 0 Å². The van der Waals surface area contributed by atoms with Crippen LogP contribution in [0.5, 0.6) is 0 Å². The van der Waals surface area contributed by atoms with Crippen LogP contribution < -0.4 is 4.31 Å². The van der Waals surface area contributed by atoms with Crippen LogP contribution in [0.25, 0.3) is 0 Å². The maximum Gasteiger partial charge on any atom is 0.423 e. The number of carbonyl (C=O) groups is 2. The van der Waals surface area contributed by atoms with Gasteiger partial charge >= 0.3 is 12.1 Å². The minimum atomic E-state index is -1.75. The number of esters is 1. The van der Waals surface area contributed by atoms with Gasteiger partial charge in [-0.2, -0.15) is 0 Å². The number of nitrogens with zero attached hydrogens (tertiary/aromatic N) is 2. The molecule has 1 aromatic rings. The Balaban J connectivity index is 0.00000114. The molecule has 152 valence electrons. The monoisotopic (exact) mass is 418 g/mol. The average Bonchev–Trinajstić information content (AvgIpc) is 2.95. The molecule has 1 amide bonds. The fraction of sp³-hybridized carbons (Fsp3) is 0.556. The lowest BCUT2D eigenvalue weighted by atomic mass is 10.2. The number of ether oxygens (including phenoxy) is 2. The lowest BCUT2D eigenvalue weighted by Gasteiger charge is -2.24. The molecule has 1 saturated heterocycles. The van der Waals surface area contributed by atoms with Gasteiger partial charge in [0.1, 0.15) is 5.60 Å². The highest BCUT2D eigenvalue weighted by Gasteiger charge is 2.36. The Morgan fingerprint density at radius 1 is 1.22 bits per heavy atom. The van der Waals surface area contributed by atoms with Crippen LogP contribution in [-0.4, -0.2) is 46.4 Å². The molecule has 0 aromatic heterocycles. The molecular formula is C18H27ClN2O5S. The number of rotatable bonds is 2. The second-order valence-electron chi connectivity index (χ2n) is 6.78. The summed E-state index contributed by atoms with van der Waals surface area (Å²) >= 11 is 4.24. The molecular weight excluding hydrogens is 392 g/mol. The summed E-state index contributed by atoms with van der Waals surface area (Å²) in [5.41, 5.74) is 0.00103. The third kappa shape index (κ3) is 6.39. The van der Waals surface area contributed by atoms with Gasteiger partial charge in [-0.25, -0.2) is 18.1 Å². The zero-order chi connectivity index (χ0) is 20.8. The first kappa shape index (κ1) is 23.2. The molecule has 0 N–H and O–H groups in total. The van der Waals surface area contributed by atoms with Crippen molar-refractivity contribution >= 4 is 40.5 Å². The number of methoxy groups -OCH3 is 1. The van der Waals surface area contributed by atoms with Crippen LogP contribution in [0.4, 0.5) is 10.5 Å². The molecule has 0 bridgehead atoms. The first-order valence-corrected chi connectivity index (χ1v) is 10.1. The van der Waals surface area contributed by atoms with Crippen molar-refractivity contribution in [2.24, 2.45) is 0 Å². The maximum absolute atomic E-state index is 12.6. The van der Waals surface area contributed by atoms with Crippen molar-refractivity contribution in [3.8, 4) is 0 Å². The van der Waals surface area contributed by atoms with Crippen molar-refractivity contribution < 1.29 is 23.3 Å². The second-order valence-corrected chi connectivity index (χ2v) is 8.53. The lowest BCUT2D eigenvalue weighted by molar-refractivity contribution is 0.0410. The number of amides is 1. The van der Waals surface area contributed by atoms with E-state index in [2.05, 4.69) is 18.6 Å². The van der Waals surface area contributed by atoms with Gasteiger partial charge in [-0.3, -0.25) is 4.31 Å². The first-order valence-electron chi connectivity index (χ1n) is 8.63. The predicted octanol–water partition coefficient (Wildman–Crippen LogP) is 4.18. The van der Waals surface area contributed by atoms with Crippen LogP contribution in [0, 0.1) is 0 Å². The van der Waals surface area contributed by atoms with Gasteiger partial charge in [0.2, 0.25) is 11.2 Å². The van der Waals surface area contributed by atoms with Crippen molar-refractivity contribution in [3.63, 3.8) is 0 Å². The normalized spacial score (nSPS) is 16.5.